The maximum atomic E-state index is 11.7. The molecule has 0 saturated carbocycles. The van der Waals surface area contributed by atoms with Crippen LogP contribution in [0, 0.1) is 30.2 Å². The van der Waals surface area contributed by atoms with Crippen LogP contribution in [-0.4, -0.2) is 15.9 Å². The van der Waals surface area contributed by atoms with Crippen molar-refractivity contribution >= 4 is 37.3 Å². The second-order valence-electron chi connectivity index (χ2n) is 16.5. The van der Waals surface area contributed by atoms with Gasteiger partial charge in [-0.25, -0.2) is 0 Å². The quantitative estimate of drug-likeness (QED) is 0.104. The monoisotopic (exact) mass is 859 g/mol. The van der Waals surface area contributed by atoms with Crippen LogP contribution in [0.1, 0.15) is 137 Å². The van der Waals surface area contributed by atoms with E-state index in [0.717, 1.165) is 43.4 Å². The van der Waals surface area contributed by atoms with Crippen LogP contribution in [0.15, 0.2) is 48.4 Å². The Labute approximate surface area is 314 Å². The zero-order valence-electron chi connectivity index (χ0n) is 32.2. The van der Waals surface area contributed by atoms with E-state index >= 15 is 0 Å². The molecule has 2 aromatic carbocycles. The van der Waals surface area contributed by atoms with Crippen molar-refractivity contribution in [3.63, 3.8) is 0 Å². The van der Waals surface area contributed by atoms with E-state index in [-0.39, 0.29) is 59.7 Å². The first kappa shape index (κ1) is 41.1. The van der Waals surface area contributed by atoms with Gasteiger partial charge in [-0.2, -0.15) is 0 Å². The Hall–Kier alpha value is -2.33. The fourth-order valence-electron chi connectivity index (χ4n) is 7.70. The minimum Gasteiger partial charge on any atom is -0.512 e. The van der Waals surface area contributed by atoms with Gasteiger partial charge in [0.1, 0.15) is 0 Å². The summed E-state index contributed by atoms with van der Waals surface area (Å²) in [6, 6.07) is 13.9. The van der Waals surface area contributed by atoms with Crippen molar-refractivity contribution in [3.8, 4) is 11.3 Å². The summed E-state index contributed by atoms with van der Waals surface area (Å²) in [6.45, 7) is 27.4. The van der Waals surface area contributed by atoms with E-state index in [4.69, 9.17) is 4.98 Å². The van der Waals surface area contributed by atoms with Crippen LogP contribution in [-0.2, 0) is 42.2 Å². The average molecular weight is 859 g/mol. The second kappa shape index (κ2) is 16.3. The fourth-order valence-corrected chi connectivity index (χ4v) is 9.03. The van der Waals surface area contributed by atoms with Gasteiger partial charge in [0.05, 0.1) is 5.76 Å². The number of aromatic nitrogens is 1. The van der Waals surface area contributed by atoms with E-state index in [1.54, 1.807) is 16.7 Å². The molecule has 0 bridgehead atoms. The SMILES string of the molecule is CCC(CC)C(=O)/C=C(\O)C(CC)CC.Cc1c(CC(C)(C)C)c2c(c3c1sc1c(-c4[c-]cccc4)nccc13)C(C)(C)CCC2(C)C.[Ir]. The molecule has 4 aromatic rings. The van der Waals surface area contributed by atoms with Crippen LogP contribution < -0.4 is 0 Å². The summed E-state index contributed by atoms with van der Waals surface area (Å²) in [5.41, 5.74) is 9.02. The molecule has 0 saturated heterocycles. The number of fused-ring (bicyclic) bond motifs is 5. The maximum Gasteiger partial charge on any atom is 0.162 e. The van der Waals surface area contributed by atoms with Crippen molar-refractivity contribution < 1.29 is 30.0 Å². The number of nitrogens with zero attached hydrogens (tertiary/aromatic N) is 1. The molecular weight excluding hydrogens is 799 g/mol. The first-order valence-electron chi connectivity index (χ1n) is 18.3. The molecule has 0 amide bonds. The van der Waals surface area contributed by atoms with E-state index in [9.17, 15) is 9.90 Å². The van der Waals surface area contributed by atoms with Crippen molar-refractivity contribution in [2.45, 2.75) is 139 Å². The van der Waals surface area contributed by atoms with Crippen LogP contribution in [0.5, 0.6) is 0 Å². The predicted octanol–water partition coefficient (Wildman–Crippen LogP) is 13.0. The van der Waals surface area contributed by atoms with E-state index in [1.807, 2.05) is 57.4 Å². The molecule has 2 aromatic heterocycles. The molecule has 5 heteroatoms. The van der Waals surface area contributed by atoms with Gasteiger partial charge in [-0.3, -0.25) is 4.79 Å². The number of thiophene rings is 1. The Bertz CT molecular complexity index is 1770. The molecule has 1 aliphatic carbocycles. The van der Waals surface area contributed by atoms with Gasteiger partial charge in [0.2, 0.25) is 0 Å². The molecule has 269 valence electrons. The van der Waals surface area contributed by atoms with Crippen LogP contribution in [0.2, 0.25) is 0 Å². The number of ketones is 1. The van der Waals surface area contributed by atoms with Gasteiger partial charge >= 0.3 is 0 Å². The maximum absolute atomic E-state index is 11.7. The van der Waals surface area contributed by atoms with E-state index < -0.39 is 0 Å². The Morgan fingerprint density at radius 2 is 1.53 bits per heavy atom. The second-order valence-corrected chi connectivity index (χ2v) is 17.5. The summed E-state index contributed by atoms with van der Waals surface area (Å²) in [7, 11) is 0. The molecule has 3 nitrogen and oxygen atoms in total. The number of benzene rings is 2. The largest absolute Gasteiger partial charge is 0.512 e. The molecule has 49 heavy (non-hydrogen) atoms. The topological polar surface area (TPSA) is 50.2 Å². The van der Waals surface area contributed by atoms with Gasteiger partial charge in [-0.05, 0) is 102 Å². The third-order valence-corrected chi connectivity index (χ3v) is 12.0. The number of aliphatic hydroxyl groups is 1. The molecule has 0 unspecified atom stereocenters. The predicted molar refractivity (Wildman–Crippen MR) is 208 cm³/mol. The van der Waals surface area contributed by atoms with Gasteiger partial charge in [-0.15, -0.1) is 47.2 Å². The van der Waals surface area contributed by atoms with Crippen LogP contribution in [0.25, 0.3) is 31.4 Å². The summed E-state index contributed by atoms with van der Waals surface area (Å²) >= 11 is 1.94. The molecule has 0 fully saturated rings. The third-order valence-electron chi connectivity index (χ3n) is 10.7. The fraction of sp³-hybridized carbons (Fsp3) is 0.545. The number of carbonyl (C=O) groups excluding carboxylic acids is 1. The molecular formula is C44H60IrNO2S-. The first-order valence-corrected chi connectivity index (χ1v) is 19.1. The number of rotatable bonds is 9. The van der Waals surface area contributed by atoms with E-state index in [0.29, 0.717) is 0 Å². The van der Waals surface area contributed by atoms with E-state index in [1.165, 1.54) is 44.7 Å². The average Bonchev–Trinajstić information content (AvgIpc) is 3.42. The van der Waals surface area contributed by atoms with Gasteiger partial charge < -0.3 is 10.1 Å². The van der Waals surface area contributed by atoms with Crippen molar-refractivity contribution in [3.05, 3.63) is 76.7 Å². The number of aryl methyl sites for hydroxylation is 1. The summed E-state index contributed by atoms with van der Waals surface area (Å²) in [6.07, 6.45) is 10.5. The Balaban J connectivity index is 0.000000347. The minimum absolute atomic E-state index is 0. The van der Waals surface area contributed by atoms with Crippen LogP contribution in [0.3, 0.4) is 0 Å². The standard InChI is InChI=1S/C31H36NS.C13H24O2.Ir/c1-19-22(18-29(2,3)4)24-25(31(7,8)16-15-30(24,5)6)23-21-14-17-32-26(28(21)33-27(19)23)20-12-10-9-11-13-20;1-5-10(6-2)12(14)9-13(15)11(7-3)8-4;/h9-12,14,17H,15-16,18H2,1-8H3;9-11,14H,5-8H2,1-4H3;/q-1;;/b;12-9-;. The van der Waals surface area contributed by atoms with E-state index in [2.05, 4.69) is 79.7 Å². The van der Waals surface area contributed by atoms with Crippen molar-refractivity contribution in [2.75, 3.05) is 0 Å². The number of hydrogen-bond donors (Lipinski definition) is 1. The Morgan fingerprint density at radius 1 is 0.939 bits per heavy atom. The van der Waals surface area contributed by atoms with Gasteiger partial charge in [0.25, 0.3) is 0 Å². The summed E-state index contributed by atoms with van der Waals surface area (Å²) in [5.74, 6) is 0.547. The van der Waals surface area contributed by atoms with Crippen molar-refractivity contribution in [1.29, 1.82) is 0 Å². The number of aliphatic hydroxyl groups excluding tert-OH is 1. The third kappa shape index (κ3) is 8.77. The minimum atomic E-state index is 0. The number of allylic oxidation sites excluding steroid dienone is 2. The summed E-state index contributed by atoms with van der Waals surface area (Å²) in [4.78, 5) is 16.6. The molecule has 1 N–H and O–H groups in total. The van der Waals surface area contributed by atoms with Crippen LogP contribution >= 0.6 is 11.3 Å². The molecule has 2 heterocycles. The number of pyridine rings is 1. The molecule has 1 aliphatic rings. The van der Waals surface area contributed by atoms with Gasteiger partial charge in [0, 0.05) is 64.7 Å². The number of carbonyl (C=O) groups is 1. The Kier molecular flexibility index (Phi) is 13.7. The zero-order valence-corrected chi connectivity index (χ0v) is 35.4. The van der Waals surface area contributed by atoms with Crippen molar-refractivity contribution in [1.82, 2.24) is 4.98 Å². The summed E-state index contributed by atoms with van der Waals surface area (Å²) < 4.78 is 2.76. The molecule has 0 atom stereocenters. The molecule has 1 radical (unpaired) electrons. The molecule has 0 aliphatic heterocycles. The van der Waals surface area contributed by atoms with Crippen molar-refractivity contribution in [2.24, 2.45) is 17.3 Å². The van der Waals surface area contributed by atoms with Gasteiger partial charge in [-0.1, -0.05) is 76.2 Å². The Morgan fingerprint density at radius 3 is 2.06 bits per heavy atom. The van der Waals surface area contributed by atoms with Gasteiger partial charge in [0.15, 0.2) is 5.78 Å². The number of hydrogen-bond acceptors (Lipinski definition) is 4. The van der Waals surface area contributed by atoms with Crippen LogP contribution in [0.4, 0.5) is 0 Å². The molecule has 0 spiro atoms. The first-order chi connectivity index (χ1) is 22.5. The summed E-state index contributed by atoms with van der Waals surface area (Å²) in [5, 5.41) is 12.6. The molecule has 5 rings (SSSR count). The smallest absolute Gasteiger partial charge is 0.162 e. The zero-order chi connectivity index (χ0) is 35.6. The normalized spacial score (nSPS) is 15.6.